The molecule has 1 aromatic heterocycles. The molecule has 112 valence electrons. The molecule has 3 rings (SSSR count). The molecule has 1 heterocycles. The summed E-state index contributed by atoms with van der Waals surface area (Å²) in [5, 5.41) is 16.8. The van der Waals surface area contributed by atoms with E-state index in [0.717, 1.165) is 4.68 Å². The van der Waals surface area contributed by atoms with Gasteiger partial charge in [0.2, 0.25) is 0 Å². The Morgan fingerprint density at radius 1 is 1.17 bits per heavy atom. The van der Waals surface area contributed by atoms with Crippen LogP contribution >= 0.6 is 0 Å². The van der Waals surface area contributed by atoms with E-state index in [1.54, 1.807) is 24.3 Å². The van der Waals surface area contributed by atoms with Crippen LogP contribution in [0.3, 0.4) is 0 Å². The molecule has 0 spiro atoms. The molecule has 2 aromatic carbocycles. The highest BCUT2D eigenvalue weighted by molar-refractivity contribution is 5.89. The lowest BCUT2D eigenvalue weighted by molar-refractivity contribution is 0.0336. The van der Waals surface area contributed by atoms with Gasteiger partial charge in [-0.25, -0.2) is 4.79 Å². The second-order valence-electron chi connectivity index (χ2n) is 4.66. The first-order chi connectivity index (χ1) is 11.2. The second-order valence-corrected chi connectivity index (χ2v) is 4.66. The third-order valence-corrected chi connectivity index (χ3v) is 3.20. The lowest BCUT2D eigenvalue weighted by atomic mass is 10.1. The van der Waals surface area contributed by atoms with Gasteiger partial charge in [0, 0.05) is 0 Å². The molecule has 23 heavy (non-hydrogen) atoms. The summed E-state index contributed by atoms with van der Waals surface area (Å²) in [6.45, 7) is -0.338. The number of nitrogens with zero attached hydrogens (tertiary/aromatic N) is 4. The molecule has 0 unspecified atom stereocenters. The van der Waals surface area contributed by atoms with Crippen LogP contribution in [0.1, 0.15) is 15.9 Å². The zero-order valence-corrected chi connectivity index (χ0v) is 11.8. The molecule has 3 aromatic rings. The van der Waals surface area contributed by atoms with Gasteiger partial charge >= 0.3 is 5.97 Å². The van der Waals surface area contributed by atoms with Crippen molar-refractivity contribution in [3.05, 3.63) is 70.0 Å². The number of ether oxygens (including phenoxy) is 1. The average molecular weight is 306 g/mol. The first-order valence-corrected chi connectivity index (χ1v) is 6.69. The number of esters is 1. The van der Waals surface area contributed by atoms with Gasteiger partial charge in [-0.3, -0.25) is 4.79 Å². The summed E-state index contributed by atoms with van der Waals surface area (Å²) < 4.78 is 6.03. The molecule has 7 heteroatoms. The highest BCUT2D eigenvalue weighted by Crippen LogP contribution is 2.06. The third kappa shape index (κ3) is 2.91. The van der Waals surface area contributed by atoms with Crippen LogP contribution in [-0.4, -0.2) is 21.0 Å². The second kappa shape index (κ2) is 6.07. The van der Waals surface area contributed by atoms with Gasteiger partial charge in [-0.2, -0.15) is 9.94 Å². The van der Waals surface area contributed by atoms with E-state index >= 15 is 0 Å². The molecule has 0 saturated carbocycles. The van der Waals surface area contributed by atoms with Crippen LogP contribution in [0, 0.1) is 11.3 Å². The largest absolute Gasteiger partial charge is 0.439 e. The normalized spacial score (nSPS) is 10.2. The number of rotatable bonds is 3. The molecule has 0 aliphatic carbocycles. The van der Waals surface area contributed by atoms with E-state index in [0.29, 0.717) is 16.5 Å². The van der Waals surface area contributed by atoms with Gasteiger partial charge in [0.1, 0.15) is 5.52 Å². The Labute approximate surface area is 130 Å². The van der Waals surface area contributed by atoms with Crippen LogP contribution in [-0.2, 0) is 11.5 Å². The van der Waals surface area contributed by atoms with Crippen molar-refractivity contribution in [2.45, 2.75) is 6.73 Å². The fraction of sp³-hybridized carbons (Fsp3) is 0.0625. The number of benzene rings is 2. The van der Waals surface area contributed by atoms with Crippen molar-refractivity contribution in [3.8, 4) is 6.07 Å². The van der Waals surface area contributed by atoms with Gasteiger partial charge in [-0.1, -0.05) is 17.3 Å². The van der Waals surface area contributed by atoms with Crippen molar-refractivity contribution < 1.29 is 9.53 Å². The van der Waals surface area contributed by atoms with Gasteiger partial charge in [-0.15, -0.1) is 5.10 Å². The summed E-state index contributed by atoms with van der Waals surface area (Å²) in [6.07, 6.45) is 0. The maximum Gasteiger partial charge on any atom is 0.339 e. The maximum atomic E-state index is 12.2. The van der Waals surface area contributed by atoms with Crippen molar-refractivity contribution in [2.24, 2.45) is 0 Å². The molecule has 0 aliphatic heterocycles. The van der Waals surface area contributed by atoms with Crippen LogP contribution in [0.15, 0.2) is 53.3 Å². The minimum Gasteiger partial charge on any atom is -0.439 e. The van der Waals surface area contributed by atoms with E-state index in [4.69, 9.17) is 10.00 Å². The average Bonchev–Trinajstić information content (AvgIpc) is 2.61. The number of aromatic nitrogens is 3. The highest BCUT2D eigenvalue weighted by atomic mass is 16.5. The molecule has 0 N–H and O–H groups in total. The molecular weight excluding hydrogens is 296 g/mol. The molecule has 0 fully saturated rings. The first kappa shape index (κ1) is 14.4. The molecule has 0 radical (unpaired) electrons. The Balaban J connectivity index is 1.77. The standard InChI is InChI=1S/C16H10N4O3/c17-9-11-5-7-12(8-6-11)16(22)23-10-20-15(21)13-3-1-2-4-14(13)18-19-20/h1-8H,10H2. The Morgan fingerprint density at radius 2 is 1.91 bits per heavy atom. The van der Waals surface area contributed by atoms with Gasteiger partial charge in [0.25, 0.3) is 5.56 Å². The first-order valence-electron chi connectivity index (χ1n) is 6.69. The zero-order chi connectivity index (χ0) is 16.2. The number of carbonyl (C=O) groups is 1. The van der Waals surface area contributed by atoms with E-state index in [9.17, 15) is 9.59 Å². The summed E-state index contributed by atoms with van der Waals surface area (Å²) in [7, 11) is 0. The van der Waals surface area contributed by atoms with Gasteiger partial charge in [0.05, 0.1) is 22.6 Å². The zero-order valence-electron chi connectivity index (χ0n) is 11.8. The summed E-state index contributed by atoms with van der Waals surface area (Å²) in [5.41, 5.74) is 0.819. The number of fused-ring (bicyclic) bond motifs is 1. The van der Waals surface area contributed by atoms with E-state index in [2.05, 4.69) is 10.3 Å². The number of hydrogen-bond acceptors (Lipinski definition) is 6. The quantitative estimate of drug-likeness (QED) is 0.680. The van der Waals surface area contributed by atoms with Gasteiger partial charge in [0.15, 0.2) is 6.73 Å². The molecule has 0 amide bonds. The van der Waals surface area contributed by atoms with E-state index in [-0.39, 0.29) is 17.9 Å². The van der Waals surface area contributed by atoms with Crippen molar-refractivity contribution in [3.63, 3.8) is 0 Å². The Hall–Kier alpha value is -3.53. The predicted molar refractivity (Wildman–Crippen MR) is 80.4 cm³/mol. The van der Waals surface area contributed by atoms with Crippen LogP contribution in [0.2, 0.25) is 0 Å². The lowest BCUT2D eigenvalue weighted by Gasteiger charge is -2.06. The topological polar surface area (TPSA) is 97.9 Å². The fourth-order valence-electron chi connectivity index (χ4n) is 1.99. The van der Waals surface area contributed by atoms with E-state index < -0.39 is 5.97 Å². The van der Waals surface area contributed by atoms with Gasteiger partial charge in [-0.05, 0) is 36.4 Å². The molecule has 0 aliphatic rings. The van der Waals surface area contributed by atoms with Crippen molar-refractivity contribution in [2.75, 3.05) is 0 Å². The minimum atomic E-state index is -0.614. The predicted octanol–water partition coefficient (Wildman–Crippen LogP) is 1.48. The summed E-state index contributed by atoms with van der Waals surface area (Å²) in [5.74, 6) is -0.614. The minimum absolute atomic E-state index is 0.283. The summed E-state index contributed by atoms with van der Waals surface area (Å²) >= 11 is 0. The monoisotopic (exact) mass is 306 g/mol. The van der Waals surface area contributed by atoms with Crippen LogP contribution < -0.4 is 5.56 Å². The molecule has 0 atom stereocenters. The lowest BCUT2D eigenvalue weighted by Crippen LogP contribution is -2.26. The molecular formula is C16H10N4O3. The van der Waals surface area contributed by atoms with Crippen molar-refractivity contribution in [1.82, 2.24) is 15.0 Å². The van der Waals surface area contributed by atoms with E-state index in [1.807, 2.05) is 6.07 Å². The number of nitriles is 1. The third-order valence-electron chi connectivity index (χ3n) is 3.20. The van der Waals surface area contributed by atoms with Crippen molar-refractivity contribution in [1.29, 1.82) is 5.26 Å². The SMILES string of the molecule is N#Cc1ccc(C(=O)OCn2nnc3ccccc3c2=O)cc1. The fourth-order valence-corrected chi connectivity index (χ4v) is 1.99. The van der Waals surface area contributed by atoms with E-state index in [1.165, 1.54) is 24.3 Å². The number of carbonyl (C=O) groups excluding carboxylic acids is 1. The summed E-state index contributed by atoms with van der Waals surface area (Å²) in [4.78, 5) is 24.1. The van der Waals surface area contributed by atoms with Crippen LogP contribution in [0.4, 0.5) is 0 Å². The molecule has 0 saturated heterocycles. The highest BCUT2D eigenvalue weighted by Gasteiger charge is 2.10. The molecule has 0 bridgehead atoms. The van der Waals surface area contributed by atoms with Crippen LogP contribution in [0.25, 0.3) is 10.9 Å². The number of hydrogen-bond donors (Lipinski definition) is 0. The summed E-state index contributed by atoms with van der Waals surface area (Å²) in [6, 6.07) is 14.7. The Kier molecular flexibility index (Phi) is 3.80. The van der Waals surface area contributed by atoms with Crippen LogP contribution in [0.5, 0.6) is 0 Å². The smallest absolute Gasteiger partial charge is 0.339 e. The van der Waals surface area contributed by atoms with Crippen molar-refractivity contribution >= 4 is 16.9 Å². The maximum absolute atomic E-state index is 12.2. The molecule has 7 nitrogen and oxygen atoms in total. The van der Waals surface area contributed by atoms with Gasteiger partial charge < -0.3 is 4.74 Å². The Morgan fingerprint density at radius 3 is 2.65 bits per heavy atom. The Bertz CT molecular complexity index is 971.